The average Bonchev–Trinajstić information content (AvgIpc) is 3.59. The predicted octanol–water partition coefficient (Wildman–Crippen LogP) is 3.53. The van der Waals surface area contributed by atoms with Crippen LogP contribution in [-0.2, 0) is 38.1 Å². The van der Waals surface area contributed by atoms with Gasteiger partial charge >= 0.3 is 5.97 Å². The fourth-order valence-electron chi connectivity index (χ4n) is 12.3. The van der Waals surface area contributed by atoms with E-state index in [9.17, 15) is 24.3 Å². The van der Waals surface area contributed by atoms with Crippen molar-refractivity contribution in [1.82, 2.24) is 0 Å². The number of carbonyl (C=O) groups is 4. The first-order valence-corrected chi connectivity index (χ1v) is 17.0. The minimum absolute atomic E-state index is 0.0223. The molecule has 0 amide bonds. The zero-order valence-corrected chi connectivity index (χ0v) is 28.0. The van der Waals surface area contributed by atoms with Crippen LogP contribution >= 0.6 is 0 Å². The standard InChI is InChI=1S/C35H53NO9/c1-19-16-21(29(31(5,6)41)43-20(2)39)44-27-26(19)32(7)12-13-34-18-33(34)11-10-24(45-25(17-38)42-15-14-37)30(3,4)22(33)8-9-23(34)35(32,36)28(27)40/h14,17,19,21-27,29,41H,8-13,15-16,18,36H2,1-7H3/t19-,21+,22+,23?,24+,25+,26+,27?,29+,32-,33-,34+,35+/m1/s1. The van der Waals surface area contributed by atoms with Gasteiger partial charge in [0.1, 0.15) is 19.0 Å². The molecule has 0 aromatic carbocycles. The highest BCUT2D eigenvalue weighted by molar-refractivity contribution is 5.97. The van der Waals surface area contributed by atoms with Crippen LogP contribution in [0.4, 0.5) is 0 Å². The Morgan fingerprint density at radius 3 is 2.40 bits per heavy atom. The quantitative estimate of drug-likeness (QED) is 0.220. The number of esters is 1. The van der Waals surface area contributed by atoms with Gasteiger partial charge in [-0.15, -0.1) is 0 Å². The van der Waals surface area contributed by atoms with E-state index < -0.39 is 47.1 Å². The fourth-order valence-corrected chi connectivity index (χ4v) is 12.3. The number of Topliss-reactive ketones (excluding diaryl/α,β-unsaturated/α-hetero) is 1. The number of ether oxygens (including phenoxy) is 4. The maximum atomic E-state index is 14.8. The molecule has 0 aromatic rings. The number of aliphatic hydroxyl groups is 1. The Morgan fingerprint density at radius 2 is 1.78 bits per heavy atom. The molecule has 6 rings (SSSR count). The summed E-state index contributed by atoms with van der Waals surface area (Å²) >= 11 is 0. The Balaban J connectivity index is 1.28. The number of hydrogen-bond acceptors (Lipinski definition) is 10. The molecule has 1 aliphatic heterocycles. The van der Waals surface area contributed by atoms with Crippen molar-refractivity contribution < 1.29 is 43.2 Å². The summed E-state index contributed by atoms with van der Waals surface area (Å²) in [6.07, 6.45) is 4.75. The number of fused-ring (bicyclic) bond motifs is 4. The van der Waals surface area contributed by atoms with Crippen LogP contribution in [0.1, 0.15) is 99.8 Å². The third kappa shape index (κ3) is 4.44. The maximum absolute atomic E-state index is 14.8. The van der Waals surface area contributed by atoms with Crippen molar-refractivity contribution in [2.24, 2.45) is 51.1 Å². The summed E-state index contributed by atoms with van der Waals surface area (Å²) in [6.45, 7) is 13.2. The Bertz CT molecular complexity index is 1250. The van der Waals surface area contributed by atoms with E-state index in [1.165, 1.54) is 6.92 Å². The van der Waals surface area contributed by atoms with Crippen LogP contribution in [0.2, 0.25) is 0 Å². The van der Waals surface area contributed by atoms with Crippen molar-refractivity contribution in [1.29, 1.82) is 0 Å². The van der Waals surface area contributed by atoms with Gasteiger partial charge in [-0.05, 0) is 105 Å². The predicted molar refractivity (Wildman–Crippen MR) is 163 cm³/mol. The van der Waals surface area contributed by atoms with Crippen LogP contribution in [0.3, 0.4) is 0 Å². The van der Waals surface area contributed by atoms with E-state index in [4.69, 9.17) is 24.7 Å². The van der Waals surface area contributed by atoms with Crippen molar-refractivity contribution in [2.75, 3.05) is 6.61 Å². The zero-order chi connectivity index (χ0) is 33.0. The smallest absolute Gasteiger partial charge is 0.303 e. The van der Waals surface area contributed by atoms with Gasteiger partial charge in [0.05, 0.1) is 23.3 Å². The summed E-state index contributed by atoms with van der Waals surface area (Å²) < 4.78 is 23.7. The molecule has 6 fully saturated rings. The topological polar surface area (TPSA) is 151 Å². The van der Waals surface area contributed by atoms with E-state index in [2.05, 4.69) is 27.7 Å². The molecule has 1 heterocycles. The molecule has 0 radical (unpaired) electrons. The highest BCUT2D eigenvalue weighted by Crippen LogP contribution is 2.87. The van der Waals surface area contributed by atoms with Gasteiger partial charge in [0.2, 0.25) is 6.29 Å². The molecule has 252 valence electrons. The lowest BCUT2D eigenvalue weighted by Crippen LogP contribution is -2.69. The molecule has 3 N–H and O–H groups in total. The Hall–Kier alpha value is -1.72. The first-order chi connectivity index (χ1) is 20.9. The summed E-state index contributed by atoms with van der Waals surface area (Å²) in [7, 11) is 0. The molecule has 0 bridgehead atoms. The minimum Gasteiger partial charge on any atom is -0.457 e. The SMILES string of the molecule is CC(=O)O[C@@H]([C@@H]1C[C@@H](C)[C@H]2C(O1)C(=O)[C@@]1(N)C3CC[C@H]4C(C)(C)[C@@H](O[C@@H](C=O)OCC=O)CC[C@@]45C[C@@]35CC[C@]21C)C(C)(C)O. The molecule has 0 aromatic heterocycles. The molecular formula is C35H53NO9. The molecule has 5 saturated carbocycles. The molecule has 2 spiro atoms. The van der Waals surface area contributed by atoms with Crippen LogP contribution in [0.25, 0.3) is 0 Å². The van der Waals surface area contributed by atoms with E-state index in [0.29, 0.717) is 24.9 Å². The van der Waals surface area contributed by atoms with Crippen LogP contribution in [0.15, 0.2) is 0 Å². The van der Waals surface area contributed by atoms with E-state index >= 15 is 0 Å². The lowest BCUT2D eigenvalue weighted by atomic mass is 9.43. The van der Waals surface area contributed by atoms with Gasteiger partial charge in [0, 0.05) is 12.8 Å². The highest BCUT2D eigenvalue weighted by Gasteiger charge is 2.85. The zero-order valence-electron chi connectivity index (χ0n) is 28.0. The van der Waals surface area contributed by atoms with Gasteiger partial charge in [-0.2, -0.15) is 0 Å². The molecule has 45 heavy (non-hydrogen) atoms. The number of rotatable bonds is 9. The third-order valence-corrected chi connectivity index (χ3v) is 14.1. The van der Waals surface area contributed by atoms with Gasteiger partial charge < -0.3 is 34.6 Å². The van der Waals surface area contributed by atoms with E-state index in [1.807, 2.05) is 0 Å². The largest absolute Gasteiger partial charge is 0.457 e. The van der Waals surface area contributed by atoms with Crippen LogP contribution in [-0.4, -0.2) is 77.9 Å². The molecule has 6 aliphatic rings. The number of aldehydes is 2. The summed E-state index contributed by atoms with van der Waals surface area (Å²) in [5, 5.41) is 10.9. The van der Waals surface area contributed by atoms with E-state index in [-0.39, 0.29) is 52.5 Å². The van der Waals surface area contributed by atoms with Gasteiger partial charge in [-0.1, -0.05) is 27.7 Å². The summed E-state index contributed by atoms with van der Waals surface area (Å²) in [5.41, 5.74) is 4.59. The fraction of sp³-hybridized carbons (Fsp3) is 0.886. The van der Waals surface area contributed by atoms with E-state index in [0.717, 1.165) is 44.9 Å². The number of hydrogen-bond donors (Lipinski definition) is 2. The highest BCUT2D eigenvalue weighted by atomic mass is 16.7. The van der Waals surface area contributed by atoms with Gasteiger partial charge in [0.25, 0.3) is 0 Å². The third-order valence-electron chi connectivity index (χ3n) is 14.1. The molecule has 2 unspecified atom stereocenters. The Labute approximate surface area is 266 Å². The molecule has 10 nitrogen and oxygen atoms in total. The number of nitrogens with two attached hydrogens (primary N) is 1. The average molecular weight is 632 g/mol. The summed E-state index contributed by atoms with van der Waals surface area (Å²) in [4.78, 5) is 49.2. The first-order valence-electron chi connectivity index (χ1n) is 17.0. The van der Waals surface area contributed by atoms with Crippen molar-refractivity contribution in [2.45, 2.75) is 142 Å². The summed E-state index contributed by atoms with van der Waals surface area (Å²) in [5.74, 6) is -0.0939. The second-order valence-corrected chi connectivity index (χ2v) is 16.8. The van der Waals surface area contributed by atoms with Crippen molar-refractivity contribution >= 4 is 24.3 Å². The molecule has 1 saturated heterocycles. The second kappa shape index (κ2) is 10.6. The van der Waals surface area contributed by atoms with Gasteiger partial charge in [-0.3, -0.25) is 14.4 Å². The normalized spacial score (nSPS) is 47.6. The molecule has 5 aliphatic carbocycles. The number of ketones is 1. The molecule has 13 atom stereocenters. The van der Waals surface area contributed by atoms with Crippen molar-refractivity contribution in [3.05, 3.63) is 0 Å². The van der Waals surface area contributed by atoms with Gasteiger partial charge in [-0.25, -0.2) is 0 Å². The minimum atomic E-state index is -1.34. The molecular weight excluding hydrogens is 578 g/mol. The van der Waals surface area contributed by atoms with E-state index in [1.54, 1.807) is 13.8 Å². The van der Waals surface area contributed by atoms with Crippen LogP contribution < -0.4 is 5.73 Å². The maximum Gasteiger partial charge on any atom is 0.303 e. The molecule has 10 heteroatoms. The summed E-state index contributed by atoms with van der Waals surface area (Å²) in [6, 6.07) is 0. The van der Waals surface area contributed by atoms with Crippen LogP contribution in [0, 0.1) is 45.3 Å². The Morgan fingerprint density at radius 1 is 1.11 bits per heavy atom. The van der Waals surface area contributed by atoms with Gasteiger partial charge in [0.15, 0.2) is 18.2 Å². The first kappa shape index (κ1) is 33.2. The lowest BCUT2D eigenvalue weighted by molar-refractivity contribution is -0.218. The Kier molecular flexibility index (Phi) is 7.85. The lowest BCUT2D eigenvalue weighted by Gasteiger charge is -2.62. The second-order valence-electron chi connectivity index (χ2n) is 16.8. The van der Waals surface area contributed by atoms with Crippen molar-refractivity contribution in [3.63, 3.8) is 0 Å². The monoisotopic (exact) mass is 631 g/mol. The van der Waals surface area contributed by atoms with Crippen LogP contribution in [0.5, 0.6) is 0 Å². The number of carbonyl (C=O) groups excluding carboxylic acids is 4. The van der Waals surface area contributed by atoms with Crippen molar-refractivity contribution in [3.8, 4) is 0 Å².